The molecule has 3 heteroatoms. The van der Waals surface area contributed by atoms with Gasteiger partial charge in [-0.1, -0.05) is 6.92 Å². The average molecular weight is 273 g/mol. The SMILES string of the molecule is CCCNCc1ccc(-c2ccc(OC(C)C)cc2)o1. The molecule has 2 aromatic rings. The third-order valence-corrected chi connectivity index (χ3v) is 2.90. The van der Waals surface area contributed by atoms with Gasteiger partial charge in [0.2, 0.25) is 0 Å². The molecule has 0 atom stereocenters. The minimum atomic E-state index is 0.195. The summed E-state index contributed by atoms with van der Waals surface area (Å²) in [5.41, 5.74) is 1.07. The van der Waals surface area contributed by atoms with Gasteiger partial charge in [0.15, 0.2) is 0 Å². The van der Waals surface area contributed by atoms with E-state index in [1.165, 1.54) is 0 Å². The standard InChI is InChI=1S/C17H23NO2/c1-4-11-18-12-16-9-10-17(20-16)14-5-7-15(8-6-14)19-13(2)3/h5-10,13,18H,4,11-12H2,1-3H3. The van der Waals surface area contributed by atoms with Gasteiger partial charge >= 0.3 is 0 Å². The van der Waals surface area contributed by atoms with E-state index in [-0.39, 0.29) is 6.10 Å². The second-order valence-electron chi connectivity index (χ2n) is 5.13. The summed E-state index contributed by atoms with van der Waals surface area (Å²) < 4.78 is 11.5. The smallest absolute Gasteiger partial charge is 0.134 e. The van der Waals surface area contributed by atoms with E-state index in [4.69, 9.17) is 9.15 Å². The highest BCUT2D eigenvalue weighted by atomic mass is 16.5. The van der Waals surface area contributed by atoms with E-state index < -0.39 is 0 Å². The number of nitrogens with one attached hydrogen (secondary N) is 1. The third-order valence-electron chi connectivity index (χ3n) is 2.90. The van der Waals surface area contributed by atoms with Crippen molar-refractivity contribution in [3.63, 3.8) is 0 Å². The molecule has 1 aromatic carbocycles. The summed E-state index contributed by atoms with van der Waals surface area (Å²) in [5, 5.41) is 3.33. The number of benzene rings is 1. The quantitative estimate of drug-likeness (QED) is 0.766. The van der Waals surface area contributed by atoms with Crippen molar-refractivity contribution >= 4 is 0 Å². The Morgan fingerprint density at radius 3 is 2.50 bits per heavy atom. The lowest BCUT2D eigenvalue weighted by atomic mass is 10.2. The molecule has 0 fully saturated rings. The third kappa shape index (κ3) is 4.14. The molecule has 0 bridgehead atoms. The van der Waals surface area contributed by atoms with Crippen LogP contribution in [-0.2, 0) is 6.54 Å². The Morgan fingerprint density at radius 2 is 1.85 bits per heavy atom. The molecule has 2 rings (SSSR count). The molecule has 1 aromatic heterocycles. The Hall–Kier alpha value is -1.74. The number of rotatable bonds is 7. The monoisotopic (exact) mass is 273 g/mol. The number of hydrogen-bond acceptors (Lipinski definition) is 3. The highest BCUT2D eigenvalue weighted by molar-refractivity contribution is 5.58. The first-order valence-corrected chi connectivity index (χ1v) is 7.25. The molecule has 0 amide bonds. The van der Waals surface area contributed by atoms with Gasteiger partial charge < -0.3 is 14.5 Å². The van der Waals surface area contributed by atoms with Crippen molar-refractivity contribution in [2.24, 2.45) is 0 Å². The molecule has 1 N–H and O–H groups in total. The largest absolute Gasteiger partial charge is 0.491 e. The van der Waals surface area contributed by atoms with Crippen LogP contribution in [0.2, 0.25) is 0 Å². The number of furan rings is 1. The first kappa shape index (κ1) is 14.7. The van der Waals surface area contributed by atoms with E-state index >= 15 is 0 Å². The van der Waals surface area contributed by atoms with E-state index in [0.717, 1.165) is 42.3 Å². The van der Waals surface area contributed by atoms with E-state index in [9.17, 15) is 0 Å². The maximum atomic E-state index is 5.83. The van der Waals surface area contributed by atoms with E-state index in [1.807, 2.05) is 50.2 Å². The minimum Gasteiger partial charge on any atom is -0.491 e. The average Bonchev–Trinajstić information content (AvgIpc) is 2.88. The number of ether oxygens (including phenoxy) is 1. The van der Waals surface area contributed by atoms with Crippen LogP contribution in [0.25, 0.3) is 11.3 Å². The molecule has 1 heterocycles. The summed E-state index contributed by atoms with van der Waals surface area (Å²) in [6.45, 7) is 7.99. The Labute approximate surface area is 121 Å². The predicted molar refractivity (Wildman–Crippen MR) is 81.9 cm³/mol. The number of hydrogen-bond donors (Lipinski definition) is 1. The first-order valence-electron chi connectivity index (χ1n) is 7.25. The van der Waals surface area contributed by atoms with Crippen LogP contribution in [0.1, 0.15) is 33.0 Å². The fourth-order valence-corrected chi connectivity index (χ4v) is 1.99. The zero-order valence-electron chi connectivity index (χ0n) is 12.5. The molecule has 0 unspecified atom stereocenters. The van der Waals surface area contributed by atoms with Crippen molar-refractivity contribution in [2.75, 3.05) is 6.54 Å². The normalized spacial score (nSPS) is 11.0. The van der Waals surface area contributed by atoms with Crippen LogP contribution in [0.3, 0.4) is 0 Å². The molecule has 0 spiro atoms. The van der Waals surface area contributed by atoms with Gasteiger partial charge in [-0.05, 0) is 63.2 Å². The molecule has 0 radical (unpaired) electrons. The van der Waals surface area contributed by atoms with Crippen LogP contribution >= 0.6 is 0 Å². The molecule has 0 aliphatic heterocycles. The summed E-state index contributed by atoms with van der Waals surface area (Å²) in [5.74, 6) is 2.76. The molecule has 3 nitrogen and oxygen atoms in total. The lowest BCUT2D eigenvalue weighted by molar-refractivity contribution is 0.242. The molecule has 0 aliphatic rings. The first-order chi connectivity index (χ1) is 9.69. The van der Waals surface area contributed by atoms with Crippen LogP contribution in [0.5, 0.6) is 5.75 Å². The summed E-state index contributed by atoms with van der Waals surface area (Å²) in [7, 11) is 0. The summed E-state index contributed by atoms with van der Waals surface area (Å²) in [4.78, 5) is 0. The zero-order chi connectivity index (χ0) is 14.4. The molecule has 0 saturated carbocycles. The fourth-order valence-electron chi connectivity index (χ4n) is 1.99. The topological polar surface area (TPSA) is 34.4 Å². The van der Waals surface area contributed by atoms with Crippen molar-refractivity contribution < 1.29 is 9.15 Å². The van der Waals surface area contributed by atoms with Crippen molar-refractivity contribution in [2.45, 2.75) is 39.8 Å². The van der Waals surface area contributed by atoms with Crippen molar-refractivity contribution in [1.29, 1.82) is 0 Å². The van der Waals surface area contributed by atoms with Gasteiger partial charge in [0.05, 0.1) is 12.6 Å². The van der Waals surface area contributed by atoms with Crippen LogP contribution in [0.4, 0.5) is 0 Å². The summed E-state index contributed by atoms with van der Waals surface area (Å²) in [6, 6.07) is 12.1. The predicted octanol–water partition coefficient (Wildman–Crippen LogP) is 4.23. The van der Waals surface area contributed by atoms with Crippen molar-refractivity contribution in [1.82, 2.24) is 5.32 Å². The van der Waals surface area contributed by atoms with Gasteiger partial charge in [-0.25, -0.2) is 0 Å². The highest BCUT2D eigenvalue weighted by Gasteiger charge is 2.05. The molecular weight excluding hydrogens is 250 g/mol. The van der Waals surface area contributed by atoms with E-state index in [0.29, 0.717) is 0 Å². The van der Waals surface area contributed by atoms with Gasteiger partial charge in [-0.3, -0.25) is 0 Å². The summed E-state index contributed by atoms with van der Waals surface area (Å²) >= 11 is 0. The second-order valence-corrected chi connectivity index (χ2v) is 5.13. The van der Waals surface area contributed by atoms with Crippen LogP contribution in [0, 0.1) is 0 Å². The van der Waals surface area contributed by atoms with Gasteiger partial charge in [0.25, 0.3) is 0 Å². The maximum absolute atomic E-state index is 5.83. The highest BCUT2D eigenvalue weighted by Crippen LogP contribution is 2.24. The molecule has 108 valence electrons. The van der Waals surface area contributed by atoms with E-state index in [1.54, 1.807) is 0 Å². The Kier molecular flexibility index (Phi) is 5.24. The van der Waals surface area contributed by atoms with Crippen LogP contribution in [0.15, 0.2) is 40.8 Å². The zero-order valence-corrected chi connectivity index (χ0v) is 12.5. The van der Waals surface area contributed by atoms with Crippen molar-refractivity contribution in [3.05, 3.63) is 42.2 Å². The Morgan fingerprint density at radius 1 is 1.10 bits per heavy atom. The molecule has 0 aliphatic carbocycles. The maximum Gasteiger partial charge on any atom is 0.134 e. The molecule has 0 saturated heterocycles. The molecular formula is C17H23NO2. The summed E-state index contributed by atoms with van der Waals surface area (Å²) in [6.07, 6.45) is 1.32. The second kappa shape index (κ2) is 7.15. The Bertz CT molecular complexity index is 514. The van der Waals surface area contributed by atoms with Gasteiger partial charge in [0, 0.05) is 5.56 Å². The fraction of sp³-hybridized carbons (Fsp3) is 0.412. The van der Waals surface area contributed by atoms with Crippen LogP contribution < -0.4 is 10.1 Å². The van der Waals surface area contributed by atoms with Gasteiger partial charge in [-0.15, -0.1) is 0 Å². The minimum absolute atomic E-state index is 0.195. The molecule has 20 heavy (non-hydrogen) atoms. The van der Waals surface area contributed by atoms with Crippen molar-refractivity contribution in [3.8, 4) is 17.1 Å². The lowest BCUT2D eigenvalue weighted by Crippen LogP contribution is -2.12. The van der Waals surface area contributed by atoms with Gasteiger partial charge in [0.1, 0.15) is 17.3 Å². The Balaban J connectivity index is 2.00. The van der Waals surface area contributed by atoms with Gasteiger partial charge in [-0.2, -0.15) is 0 Å². The van der Waals surface area contributed by atoms with Crippen LogP contribution in [-0.4, -0.2) is 12.6 Å². The van der Waals surface area contributed by atoms with E-state index in [2.05, 4.69) is 12.2 Å². The lowest BCUT2D eigenvalue weighted by Gasteiger charge is -2.09.